The molecule has 0 fully saturated rings. The molecule has 0 radical (unpaired) electrons. The summed E-state index contributed by atoms with van der Waals surface area (Å²) in [6, 6.07) is 7.61. The summed E-state index contributed by atoms with van der Waals surface area (Å²) >= 11 is 2.93. The van der Waals surface area contributed by atoms with Gasteiger partial charge in [0.15, 0.2) is 5.16 Å². The minimum atomic E-state index is -0.0548. The van der Waals surface area contributed by atoms with Gasteiger partial charge in [0.25, 0.3) is 5.56 Å². The van der Waals surface area contributed by atoms with E-state index in [0.717, 1.165) is 59.3 Å². The molecule has 6 nitrogen and oxygen atoms in total. The van der Waals surface area contributed by atoms with Gasteiger partial charge in [-0.2, -0.15) is 0 Å². The molecule has 1 amide bonds. The Morgan fingerprint density at radius 3 is 2.78 bits per heavy atom. The summed E-state index contributed by atoms with van der Waals surface area (Å²) in [6.45, 7) is 6.64. The number of hydrogen-bond acceptors (Lipinski definition) is 6. The Bertz CT molecular complexity index is 1170. The molecule has 170 valence electrons. The first kappa shape index (κ1) is 22.9. The molecule has 0 bridgehead atoms. The number of thioether (sulfide) groups is 1. The number of nitrogens with zero attached hydrogens (tertiary/aromatic N) is 2. The summed E-state index contributed by atoms with van der Waals surface area (Å²) in [7, 11) is 0. The molecular formula is C24H29N3O3S2. The second-order valence-corrected chi connectivity index (χ2v) is 10.1. The predicted octanol–water partition coefficient (Wildman–Crippen LogP) is 4.73. The van der Waals surface area contributed by atoms with Gasteiger partial charge in [0, 0.05) is 10.9 Å². The van der Waals surface area contributed by atoms with Gasteiger partial charge in [-0.3, -0.25) is 14.2 Å². The van der Waals surface area contributed by atoms with Crippen LogP contribution in [0.25, 0.3) is 15.9 Å². The maximum atomic E-state index is 13.7. The number of benzene rings is 1. The smallest absolute Gasteiger partial charge is 0.267 e. The van der Waals surface area contributed by atoms with E-state index in [2.05, 4.69) is 12.2 Å². The van der Waals surface area contributed by atoms with Crippen LogP contribution in [0, 0.1) is 0 Å². The quantitative estimate of drug-likeness (QED) is 0.361. The Morgan fingerprint density at radius 1 is 1.28 bits per heavy atom. The number of rotatable bonds is 9. The Balaban J connectivity index is 1.71. The van der Waals surface area contributed by atoms with Gasteiger partial charge in [0.2, 0.25) is 5.91 Å². The number of amides is 1. The van der Waals surface area contributed by atoms with Crippen molar-refractivity contribution in [2.75, 3.05) is 12.4 Å². The summed E-state index contributed by atoms with van der Waals surface area (Å²) < 4.78 is 7.20. The highest BCUT2D eigenvalue weighted by Gasteiger charge is 2.24. The van der Waals surface area contributed by atoms with E-state index in [0.29, 0.717) is 11.8 Å². The summed E-state index contributed by atoms with van der Waals surface area (Å²) in [5, 5.41) is 4.31. The number of nitrogens with one attached hydrogen (secondary N) is 1. The summed E-state index contributed by atoms with van der Waals surface area (Å²) in [5.74, 6) is 0.930. The van der Waals surface area contributed by atoms with E-state index in [-0.39, 0.29) is 23.3 Å². The highest BCUT2D eigenvalue weighted by atomic mass is 32.2. The van der Waals surface area contributed by atoms with Crippen LogP contribution >= 0.6 is 23.1 Å². The fraction of sp³-hybridized carbons (Fsp3) is 0.458. The first-order chi connectivity index (χ1) is 15.5. The third kappa shape index (κ3) is 4.71. The molecule has 32 heavy (non-hydrogen) atoms. The molecule has 0 saturated heterocycles. The maximum Gasteiger partial charge on any atom is 0.267 e. The van der Waals surface area contributed by atoms with Crippen LogP contribution in [0.5, 0.6) is 5.75 Å². The molecule has 1 aliphatic rings. The van der Waals surface area contributed by atoms with Crippen molar-refractivity contribution in [3.63, 3.8) is 0 Å². The number of thiophene rings is 1. The van der Waals surface area contributed by atoms with Gasteiger partial charge in [-0.25, -0.2) is 4.98 Å². The van der Waals surface area contributed by atoms with Crippen molar-refractivity contribution in [2.45, 2.75) is 64.1 Å². The SMILES string of the molecule is CCCC(C)NC(=O)CSc1nc2sc3c(c2c(=O)n1-c1ccc(OCC)cc1)CCC3. The van der Waals surface area contributed by atoms with Gasteiger partial charge in [-0.15, -0.1) is 11.3 Å². The Morgan fingerprint density at radius 2 is 2.06 bits per heavy atom. The van der Waals surface area contributed by atoms with E-state index < -0.39 is 0 Å². The number of aromatic nitrogens is 2. The summed E-state index contributed by atoms with van der Waals surface area (Å²) in [6.07, 6.45) is 5.00. The van der Waals surface area contributed by atoms with Crippen molar-refractivity contribution in [1.82, 2.24) is 14.9 Å². The maximum absolute atomic E-state index is 13.7. The molecule has 8 heteroatoms. The van der Waals surface area contributed by atoms with Crippen molar-refractivity contribution in [2.24, 2.45) is 0 Å². The largest absolute Gasteiger partial charge is 0.494 e. The minimum absolute atomic E-state index is 0.0442. The van der Waals surface area contributed by atoms with Crippen LogP contribution in [0.3, 0.4) is 0 Å². The fourth-order valence-corrected chi connectivity index (χ4v) is 6.29. The van der Waals surface area contributed by atoms with Crippen molar-refractivity contribution >= 4 is 39.2 Å². The van der Waals surface area contributed by atoms with Crippen LogP contribution in [0.1, 0.15) is 50.5 Å². The molecule has 0 spiro atoms. The Labute approximate surface area is 196 Å². The van der Waals surface area contributed by atoms with Crippen molar-refractivity contribution < 1.29 is 9.53 Å². The van der Waals surface area contributed by atoms with Crippen molar-refractivity contribution in [3.05, 3.63) is 45.1 Å². The number of fused-ring (bicyclic) bond motifs is 3. The summed E-state index contributed by atoms with van der Waals surface area (Å²) in [4.78, 5) is 33.1. The number of ether oxygens (including phenoxy) is 1. The lowest BCUT2D eigenvalue weighted by atomic mass is 10.2. The topological polar surface area (TPSA) is 73.2 Å². The first-order valence-electron chi connectivity index (χ1n) is 11.2. The van der Waals surface area contributed by atoms with Crippen LogP contribution < -0.4 is 15.6 Å². The van der Waals surface area contributed by atoms with E-state index in [1.165, 1.54) is 16.6 Å². The molecule has 0 aliphatic heterocycles. The van der Waals surface area contributed by atoms with Crippen LogP contribution in [-0.2, 0) is 17.6 Å². The molecule has 2 heterocycles. The Kier molecular flexibility index (Phi) is 7.20. The van der Waals surface area contributed by atoms with Gasteiger partial charge < -0.3 is 10.1 Å². The van der Waals surface area contributed by atoms with Crippen LogP contribution in [0.4, 0.5) is 0 Å². The van der Waals surface area contributed by atoms with Gasteiger partial charge in [-0.05, 0) is 69.4 Å². The second kappa shape index (κ2) is 10.1. The molecule has 3 aromatic rings. The zero-order valence-electron chi connectivity index (χ0n) is 18.8. The fourth-order valence-electron chi connectivity index (χ4n) is 4.16. The lowest BCUT2D eigenvalue weighted by Gasteiger charge is -2.15. The van der Waals surface area contributed by atoms with E-state index in [4.69, 9.17) is 9.72 Å². The van der Waals surface area contributed by atoms with Gasteiger partial charge >= 0.3 is 0 Å². The highest BCUT2D eigenvalue weighted by Crippen LogP contribution is 2.36. The molecule has 1 unspecified atom stereocenters. The molecule has 1 N–H and O–H groups in total. The third-order valence-electron chi connectivity index (χ3n) is 5.58. The lowest BCUT2D eigenvalue weighted by molar-refractivity contribution is -0.119. The third-order valence-corrected chi connectivity index (χ3v) is 7.70. The molecule has 1 atom stereocenters. The zero-order chi connectivity index (χ0) is 22.7. The summed E-state index contributed by atoms with van der Waals surface area (Å²) in [5.41, 5.74) is 1.83. The lowest BCUT2D eigenvalue weighted by Crippen LogP contribution is -2.34. The molecule has 4 rings (SSSR count). The minimum Gasteiger partial charge on any atom is -0.494 e. The molecule has 0 saturated carbocycles. The van der Waals surface area contributed by atoms with E-state index >= 15 is 0 Å². The van der Waals surface area contributed by atoms with Gasteiger partial charge in [0.05, 0.1) is 23.4 Å². The normalized spacial score (nSPS) is 13.8. The van der Waals surface area contributed by atoms with E-state index in [1.807, 2.05) is 38.1 Å². The average Bonchev–Trinajstić information content (AvgIpc) is 3.34. The molecule has 2 aromatic heterocycles. The molecule has 1 aliphatic carbocycles. The first-order valence-corrected chi connectivity index (χ1v) is 13.0. The monoisotopic (exact) mass is 471 g/mol. The number of hydrogen-bond donors (Lipinski definition) is 1. The molecule has 1 aromatic carbocycles. The van der Waals surface area contributed by atoms with Crippen LogP contribution in [0.15, 0.2) is 34.2 Å². The predicted molar refractivity (Wildman–Crippen MR) is 132 cm³/mol. The average molecular weight is 472 g/mol. The zero-order valence-corrected chi connectivity index (χ0v) is 20.4. The number of carbonyl (C=O) groups is 1. The highest BCUT2D eigenvalue weighted by molar-refractivity contribution is 7.99. The van der Waals surface area contributed by atoms with Gasteiger partial charge in [-0.1, -0.05) is 25.1 Å². The van der Waals surface area contributed by atoms with E-state index in [1.54, 1.807) is 15.9 Å². The van der Waals surface area contributed by atoms with Crippen LogP contribution in [-0.4, -0.2) is 33.9 Å². The second-order valence-electron chi connectivity index (χ2n) is 8.05. The number of aryl methyl sites for hydroxylation is 2. The van der Waals surface area contributed by atoms with Crippen molar-refractivity contribution in [1.29, 1.82) is 0 Å². The standard InChI is InChI=1S/C24H29N3O3S2/c1-4-7-15(3)25-20(28)14-31-24-26-22-21(18-8-6-9-19(18)32-22)23(29)27(24)16-10-12-17(13-11-16)30-5-2/h10-13,15H,4-9,14H2,1-3H3,(H,25,28). The van der Waals surface area contributed by atoms with Crippen LogP contribution in [0.2, 0.25) is 0 Å². The van der Waals surface area contributed by atoms with Crippen molar-refractivity contribution in [3.8, 4) is 11.4 Å². The molecular weight excluding hydrogens is 442 g/mol. The van der Waals surface area contributed by atoms with Gasteiger partial charge in [0.1, 0.15) is 10.6 Å². The van der Waals surface area contributed by atoms with E-state index in [9.17, 15) is 9.59 Å². The number of carbonyl (C=O) groups excluding carboxylic acids is 1. The Hall–Kier alpha value is -2.32.